The average Bonchev–Trinajstić information content (AvgIpc) is 3.13. The number of hydrogen-bond donors (Lipinski definition) is 1. The zero-order valence-electron chi connectivity index (χ0n) is 18.6. The van der Waals surface area contributed by atoms with E-state index in [4.69, 9.17) is 9.40 Å². The molecule has 5 heteroatoms. The lowest BCUT2D eigenvalue weighted by Gasteiger charge is -2.31. The molecule has 0 saturated carbocycles. The van der Waals surface area contributed by atoms with Gasteiger partial charge in [-0.1, -0.05) is 48.0 Å². The Morgan fingerprint density at radius 2 is 1.90 bits per heavy atom. The van der Waals surface area contributed by atoms with E-state index in [1.807, 2.05) is 25.1 Å². The highest BCUT2D eigenvalue weighted by atomic mass is 16.4. The zero-order valence-corrected chi connectivity index (χ0v) is 18.6. The maximum atomic E-state index is 12.8. The molecular formula is C26H31N3O2. The predicted molar refractivity (Wildman–Crippen MR) is 122 cm³/mol. The predicted octanol–water partition coefficient (Wildman–Crippen LogP) is 4.80. The van der Waals surface area contributed by atoms with Crippen LogP contribution in [0.2, 0.25) is 0 Å². The van der Waals surface area contributed by atoms with E-state index in [0.717, 1.165) is 54.1 Å². The van der Waals surface area contributed by atoms with Gasteiger partial charge in [0.1, 0.15) is 5.76 Å². The zero-order chi connectivity index (χ0) is 21.8. The molecular weight excluding hydrogens is 386 g/mol. The van der Waals surface area contributed by atoms with Gasteiger partial charge in [0.15, 0.2) is 0 Å². The van der Waals surface area contributed by atoms with Gasteiger partial charge in [-0.3, -0.25) is 9.69 Å². The van der Waals surface area contributed by atoms with Crippen LogP contribution in [-0.2, 0) is 17.9 Å². The molecule has 2 heterocycles. The number of nitrogens with one attached hydrogen (secondary N) is 1. The van der Waals surface area contributed by atoms with Gasteiger partial charge >= 0.3 is 0 Å². The van der Waals surface area contributed by atoms with Crippen LogP contribution in [0.4, 0.5) is 0 Å². The second kappa shape index (κ2) is 9.48. The molecule has 162 valence electrons. The normalized spacial score (nSPS) is 16.9. The van der Waals surface area contributed by atoms with Crippen LogP contribution in [0, 0.1) is 26.7 Å². The molecule has 1 amide bonds. The first-order valence-corrected chi connectivity index (χ1v) is 11.1. The Kier molecular flexibility index (Phi) is 6.52. The van der Waals surface area contributed by atoms with E-state index >= 15 is 0 Å². The lowest BCUT2D eigenvalue weighted by molar-refractivity contribution is -0.127. The molecule has 5 nitrogen and oxygen atoms in total. The number of likely N-dealkylation sites (tertiary alicyclic amines) is 1. The molecule has 1 N–H and O–H groups in total. The number of carbonyl (C=O) groups excluding carboxylic acids is 1. The minimum Gasteiger partial charge on any atom is -0.441 e. The SMILES string of the molecule is Cc1ccc(CNC(=O)C2CCCN(Cc3nc(-c4ccccc4C)oc3C)C2)cc1. The number of amides is 1. The Bertz CT molecular complexity index is 1040. The number of hydrogen-bond acceptors (Lipinski definition) is 4. The van der Waals surface area contributed by atoms with Gasteiger partial charge in [0.2, 0.25) is 11.8 Å². The van der Waals surface area contributed by atoms with Gasteiger partial charge in [0.25, 0.3) is 0 Å². The van der Waals surface area contributed by atoms with E-state index < -0.39 is 0 Å². The minimum absolute atomic E-state index is 0.0160. The third-order valence-corrected chi connectivity index (χ3v) is 6.11. The van der Waals surface area contributed by atoms with Crippen LogP contribution in [0.5, 0.6) is 0 Å². The third-order valence-electron chi connectivity index (χ3n) is 6.11. The summed E-state index contributed by atoms with van der Waals surface area (Å²) in [4.78, 5) is 19.9. The Morgan fingerprint density at radius 3 is 2.68 bits per heavy atom. The van der Waals surface area contributed by atoms with Gasteiger partial charge < -0.3 is 9.73 Å². The molecule has 0 aliphatic carbocycles. The molecule has 1 aromatic heterocycles. The lowest BCUT2D eigenvalue weighted by atomic mass is 9.97. The topological polar surface area (TPSA) is 58.4 Å². The van der Waals surface area contributed by atoms with Crippen molar-refractivity contribution in [2.45, 2.75) is 46.7 Å². The molecule has 31 heavy (non-hydrogen) atoms. The number of carbonyl (C=O) groups is 1. The average molecular weight is 418 g/mol. The fraction of sp³-hybridized carbons (Fsp3) is 0.385. The second-order valence-corrected chi connectivity index (χ2v) is 8.61. The van der Waals surface area contributed by atoms with E-state index in [-0.39, 0.29) is 11.8 Å². The van der Waals surface area contributed by atoms with Gasteiger partial charge in [-0.2, -0.15) is 0 Å². The molecule has 1 aliphatic rings. The van der Waals surface area contributed by atoms with Crippen LogP contribution < -0.4 is 5.32 Å². The Labute approximate surface area is 184 Å². The third kappa shape index (κ3) is 5.23. The van der Waals surface area contributed by atoms with Gasteiger partial charge in [-0.15, -0.1) is 0 Å². The van der Waals surface area contributed by atoms with Gasteiger partial charge in [0.05, 0.1) is 11.6 Å². The Balaban J connectivity index is 1.36. The van der Waals surface area contributed by atoms with Crippen LogP contribution >= 0.6 is 0 Å². The second-order valence-electron chi connectivity index (χ2n) is 8.61. The van der Waals surface area contributed by atoms with Gasteiger partial charge in [-0.05, 0) is 57.4 Å². The molecule has 3 aromatic rings. The van der Waals surface area contributed by atoms with E-state index in [9.17, 15) is 4.79 Å². The van der Waals surface area contributed by atoms with Crippen LogP contribution in [0.15, 0.2) is 52.9 Å². The van der Waals surface area contributed by atoms with Crippen molar-refractivity contribution in [3.8, 4) is 11.5 Å². The monoisotopic (exact) mass is 417 g/mol. The fourth-order valence-corrected chi connectivity index (χ4v) is 4.17. The maximum absolute atomic E-state index is 12.8. The molecule has 0 radical (unpaired) electrons. The summed E-state index contributed by atoms with van der Waals surface area (Å²) in [5, 5.41) is 3.12. The van der Waals surface area contributed by atoms with Crippen molar-refractivity contribution in [3.63, 3.8) is 0 Å². The summed E-state index contributed by atoms with van der Waals surface area (Å²) in [5.74, 6) is 1.68. The molecule has 1 aliphatic heterocycles. The van der Waals surface area contributed by atoms with Crippen LogP contribution in [0.25, 0.3) is 11.5 Å². The quantitative estimate of drug-likeness (QED) is 0.626. The first-order valence-electron chi connectivity index (χ1n) is 11.1. The summed E-state index contributed by atoms with van der Waals surface area (Å²) in [5.41, 5.74) is 5.50. The van der Waals surface area contributed by atoms with Crippen molar-refractivity contribution in [2.75, 3.05) is 13.1 Å². The van der Waals surface area contributed by atoms with Crippen molar-refractivity contribution in [2.24, 2.45) is 5.92 Å². The number of aryl methyl sites for hydroxylation is 3. The largest absolute Gasteiger partial charge is 0.441 e. The Morgan fingerprint density at radius 1 is 1.13 bits per heavy atom. The molecule has 4 rings (SSSR count). The lowest BCUT2D eigenvalue weighted by Crippen LogP contribution is -2.42. The molecule has 1 saturated heterocycles. The highest BCUT2D eigenvalue weighted by Gasteiger charge is 2.27. The van der Waals surface area contributed by atoms with Crippen molar-refractivity contribution >= 4 is 5.91 Å². The highest BCUT2D eigenvalue weighted by molar-refractivity contribution is 5.79. The van der Waals surface area contributed by atoms with Gasteiger partial charge in [-0.25, -0.2) is 4.98 Å². The van der Waals surface area contributed by atoms with E-state index in [1.165, 1.54) is 5.56 Å². The fourth-order valence-electron chi connectivity index (χ4n) is 4.17. The summed E-state index contributed by atoms with van der Waals surface area (Å²) in [7, 11) is 0. The van der Waals surface area contributed by atoms with Gasteiger partial charge in [0, 0.05) is 25.2 Å². The first kappa shape index (κ1) is 21.3. The highest BCUT2D eigenvalue weighted by Crippen LogP contribution is 2.26. The van der Waals surface area contributed by atoms with Crippen molar-refractivity contribution < 1.29 is 9.21 Å². The van der Waals surface area contributed by atoms with Crippen LogP contribution in [0.1, 0.15) is 41.0 Å². The number of piperidine rings is 1. The van der Waals surface area contributed by atoms with Crippen molar-refractivity contribution in [3.05, 3.63) is 76.7 Å². The Hall–Kier alpha value is -2.92. The number of benzene rings is 2. The first-order chi connectivity index (χ1) is 15.0. The standard InChI is InChI=1S/C26H31N3O2/c1-18-10-12-21(13-11-18)15-27-25(30)22-8-6-14-29(16-22)17-24-20(3)31-26(28-24)23-9-5-4-7-19(23)2/h4-5,7,9-13,22H,6,8,14-17H2,1-3H3,(H,27,30). The van der Waals surface area contributed by atoms with E-state index in [2.05, 4.69) is 54.4 Å². The smallest absolute Gasteiger partial charge is 0.226 e. The van der Waals surface area contributed by atoms with Crippen molar-refractivity contribution in [1.29, 1.82) is 0 Å². The summed E-state index contributed by atoms with van der Waals surface area (Å²) in [6.45, 7) is 9.14. The number of oxazole rings is 1. The molecule has 1 unspecified atom stereocenters. The minimum atomic E-state index is 0.0160. The van der Waals surface area contributed by atoms with Crippen LogP contribution in [0.3, 0.4) is 0 Å². The molecule has 2 aromatic carbocycles. The van der Waals surface area contributed by atoms with E-state index in [1.54, 1.807) is 0 Å². The maximum Gasteiger partial charge on any atom is 0.226 e. The number of rotatable bonds is 6. The van der Waals surface area contributed by atoms with Crippen molar-refractivity contribution in [1.82, 2.24) is 15.2 Å². The summed E-state index contributed by atoms with van der Waals surface area (Å²) in [6, 6.07) is 16.4. The van der Waals surface area contributed by atoms with Crippen LogP contribution in [-0.4, -0.2) is 28.9 Å². The molecule has 1 atom stereocenters. The molecule has 1 fully saturated rings. The summed E-state index contributed by atoms with van der Waals surface area (Å²) >= 11 is 0. The van der Waals surface area contributed by atoms with E-state index in [0.29, 0.717) is 19.0 Å². The number of aromatic nitrogens is 1. The summed E-state index contributed by atoms with van der Waals surface area (Å²) < 4.78 is 5.98. The molecule has 0 spiro atoms. The summed E-state index contributed by atoms with van der Waals surface area (Å²) in [6.07, 6.45) is 1.95. The molecule has 0 bridgehead atoms. The number of nitrogens with zero attached hydrogens (tertiary/aromatic N) is 2.